The van der Waals surface area contributed by atoms with Crippen LogP contribution in [0.1, 0.15) is 24.2 Å². The summed E-state index contributed by atoms with van der Waals surface area (Å²) in [5.74, 6) is -0.448. The summed E-state index contributed by atoms with van der Waals surface area (Å²) in [5, 5.41) is 13.5. The second-order valence-corrected chi connectivity index (χ2v) is 4.93. The molecule has 0 radical (unpaired) electrons. The average molecular weight is 272 g/mol. The fourth-order valence-corrected chi connectivity index (χ4v) is 1.47. The molecule has 1 amide bonds. The highest BCUT2D eigenvalue weighted by molar-refractivity contribution is 6.31. The molecule has 0 unspecified atom stereocenters. The van der Waals surface area contributed by atoms with Crippen molar-refractivity contribution in [1.29, 1.82) is 0 Å². The van der Waals surface area contributed by atoms with E-state index in [1.807, 2.05) is 0 Å². The molecule has 7 heteroatoms. The van der Waals surface area contributed by atoms with Crippen LogP contribution in [0, 0.1) is 10.1 Å². The van der Waals surface area contributed by atoms with Gasteiger partial charge in [0.2, 0.25) is 0 Å². The number of carbonyl (C=O) groups excluding carboxylic acids is 1. The Bertz CT molecular complexity index is 488. The third-order valence-electron chi connectivity index (χ3n) is 2.32. The lowest BCUT2D eigenvalue weighted by Crippen LogP contribution is -2.48. The Kier molecular flexibility index (Phi) is 4.26. The molecule has 1 aromatic rings. The molecule has 18 heavy (non-hydrogen) atoms. The van der Waals surface area contributed by atoms with Gasteiger partial charge in [-0.05, 0) is 19.9 Å². The molecule has 0 bridgehead atoms. The summed E-state index contributed by atoms with van der Waals surface area (Å²) in [4.78, 5) is 22.0. The minimum absolute atomic E-state index is 0.135. The van der Waals surface area contributed by atoms with E-state index in [1.165, 1.54) is 18.2 Å². The van der Waals surface area contributed by atoms with Gasteiger partial charge in [-0.1, -0.05) is 11.6 Å². The number of nitrogens with one attached hydrogen (secondary N) is 1. The fraction of sp³-hybridized carbons (Fsp3) is 0.364. The van der Waals surface area contributed by atoms with E-state index in [0.717, 1.165) is 0 Å². The lowest BCUT2D eigenvalue weighted by Gasteiger charge is -2.24. The molecule has 0 heterocycles. The largest absolute Gasteiger partial charge is 0.346 e. The number of rotatable bonds is 4. The van der Waals surface area contributed by atoms with Gasteiger partial charge in [-0.2, -0.15) is 0 Å². The molecule has 0 saturated heterocycles. The summed E-state index contributed by atoms with van der Waals surface area (Å²) in [6, 6.07) is 3.73. The normalized spacial score (nSPS) is 11.1. The molecule has 0 spiro atoms. The number of carbonyl (C=O) groups is 1. The number of hydrogen-bond donors (Lipinski definition) is 2. The minimum Gasteiger partial charge on any atom is -0.346 e. The number of nitro groups is 1. The molecule has 0 aliphatic heterocycles. The highest BCUT2D eigenvalue weighted by Crippen LogP contribution is 2.21. The standard InChI is InChI=1S/C11H14ClN3O3/c1-11(2,6-13)14-10(16)7-3-8(12)5-9(4-7)15(17)18/h3-5H,6,13H2,1-2H3,(H,14,16). The van der Waals surface area contributed by atoms with Crippen LogP contribution in [0.3, 0.4) is 0 Å². The molecule has 0 atom stereocenters. The number of halogens is 1. The number of amides is 1. The van der Waals surface area contributed by atoms with E-state index >= 15 is 0 Å². The Morgan fingerprint density at radius 1 is 1.50 bits per heavy atom. The van der Waals surface area contributed by atoms with Gasteiger partial charge in [-0.15, -0.1) is 0 Å². The molecule has 1 aromatic carbocycles. The zero-order valence-corrected chi connectivity index (χ0v) is 10.8. The summed E-state index contributed by atoms with van der Waals surface area (Å²) >= 11 is 5.73. The quantitative estimate of drug-likeness (QED) is 0.643. The van der Waals surface area contributed by atoms with Gasteiger partial charge in [-0.3, -0.25) is 14.9 Å². The van der Waals surface area contributed by atoms with Crippen LogP contribution in [0.4, 0.5) is 5.69 Å². The highest BCUT2D eigenvalue weighted by atomic mass is 35.5. The number of hydrogen-bond acceptors (Lipinski definition) is 4. The van der Waals surface area contributed by atoms with Crippen LogP contribution >= 0.6 is 11.6 Å². The van der Waals surface area contributed by atoms with Gasteiger partial charge >= 0.3 is 0 Å². The molecular formula is C11H14ClN3O3. The van der Waals surface area contributed by atoms with Crippen molar-refractivity contribution in [3.63, 3.8) is 0 Å². The molecular weight excluding hydrogens is 258 g/mol. The van der Waals surface area contributed by atoms with Crippen molar-refractivity contribution in [3.8, 4) is 0 Å². The summed E-state index contributed by atoms with van der Waals surface area (Å²) in [6.07, 6.45) is 0. The predicted molar refractivity (Wildman–Crippen MR) is 68.7 cm³/mol. The SMILES string of the molecule is CC(C)(CN)NC(=O)c1cc(Cl)cc([N+](=O)[O-])c1. The molecule has 6 nitrogen and oxygen atoms in total. The van der Waals surface area contributed by atoms with Gasteiger partial charge in [0.25, 0.3) is 11.6 Å². The van der Waals surface area contributed by atoms with Crippen molar-refractivity contribution in [2.75, 3.05) is 6.54 Å². The van der Waals surface area contributed by atoms with Gasteiger partial charge in [-0.25, -0.2) is 0 Å². The van der Waals surface area contributed by atoms with E-state index in [4.69, 9.17) is 17.3 Å². The van der Waals surface area contributed by atoms with E-state index in [9.17, 15) is 14.9 Å². The first-order valence-electron chi connectivity index (χ1n) is 5.23. The van der Waals surface area contributed by atoms with Crippen LogP contribution in [-0.2, 0) is 0 Å². The van der Waals surface area contributed by atoms with Gasteiger partial charge in [0.1, 0.15) is 0 Å². The minimum atomic E-state index is -0.600. The first-order valence-corrected chi connectivity index (χ1v) is 5.60. The zero-order chi connectivity index (χ0) is 13.9. The third-order valence-corrected chi connectivity index (χ3v) is 2.54. The molecule has 0 fully saturated rings. The van der Waals surface area contributed by atoms with E-state index in [2.05, 4.69) is 5.32 Å². The number of non-ortho nitro benzene ring substituents is 1. The van der Waals surface area contributed by atoms with E-state index in [0.29, 0.717) is 0 Å². The Labute approximate surface area is 109 Å². The third kappa shape index (κ3) is 3.68. The molecule has 0 aromatic heterocycles. The van der Waals surface area contributed by atoms with Crippen LogP contribution < -0.4 is 11.1 Å². The predicted octanol–water partition coefficient (Wildman–Crippen LogP) is 1.72. The maximum absolute atomic E-state index is 11.9. The van der Waals surface area contributed by atoms with Crippen LogP contribution in [0.2, 0.25) is 5.02 Å². The number of nitrogens with two attached hydrogens (primary N) is 1. The van der Waals surface area contributed by atoms with Gasteiger partial charge in [0, 0.05) is 34.8 Å². The summed E-state index contributed by atoms with van der Waals surface area (Å²) in [5.41, 5.74) is 4.81. The van der Waals surface area contributed by atoms with Crippen molar-refractivity contribution in [1.82, 2.24) is 5.32 Å². The maximum atomic E-state index is 11.9. The lowest BCUT2D eigenvalue weighted by atomic mass is 10.1. The summed E-state index contributed by atoms with van der Waals surface area (Å²) in [7, 11) is 0. The van der Waals surface area contributed by atoms with Crippen molar-refractivity contribution in [2.24, 2.45) is 5.73 Å². The number of nitrogens with zero attached hydrogens (tertiary/aromatic N) is 1. The molecule has 0 saturated carbocycles. The topological polar surface area (TPSA) is 98.3 Å². The second kappa shape index (κ2) is 5.32. The van der Waals surface area contributed by atoms with Gasteiger partial charge in [0.15, 0.2) is 0 Å². The van der Waals surface area contributed by atoms with E-state index < -0.39 is 16.4 Å². The van der Waals surface area contributed by atoms with Crippen LogP contribution in [0.5, 0.6) is 0 Å². The van der Waals surface area contributed by atoms with Gasteiger partial charge < -0.3 is 11.1 Å². The summed E-state index contributed by atoms with van der Waals surface area (Å²) < 4.78 is 0. The molecule has 0 aliphatic carbocycles. The number of nitro benzene ring substituents is 1. The fourth-order valence-electron chi connectivity index (χ4n) is 1.24. The van der Waals surface area contributed by atoms with Gasteiger partial charge in [0.05, 0.1) is 4.92 Å². The molecule has 1 rings (SSSR count). The smallest absolute Gasteiger partial charge is 0.271 e. The maximum Gasteiger partial charge on any atom is 0.271 e. The van der Waals surface area contributed by atoms with Crippen LogP contribution in [0.15, 0.2) is 18.2 Å². The van der Waals surface area contributed by atoms with Crippen molar-refractivity contribution >= 4 is 23.2 Å². The lowest BCUT2D eigenvalue weighted by molar-refractivity contribution is -0.384. The first kappa shape index (κ1) is 14.4. The molecule has 0 aliphatic rings. The second-order valence-electron chi connectivity index (χ2n) is 4.50. The van der Waals surface area contributed by atoms with E-state index in [-0.39, 0.29) is 22.8 Å². The Balaban J connectivity index is 3.03. The van der Waals surface area contributed by atoms with Crippen LogP contribution in [0.25, 0.3) is 0 Å². The van der Waals surface area contributed by atoms with E-state index in [1.54, 1.807) is 13.8 Å². The number of benzene rings is 1. The zero-order valence-electron chi connectivity index (χ0n) is 10.1. The summed E-state index contributed by atoms with van der Waals surface area (Å²) in [6.45, 7) is 3.76. The van der Waals surface area contributed by atoms with Crippen molar-refractivity contribution in [3.05, 3.63) is 38.9 Å². The first-order chi connectivity index (χ1) is 8.25. The highest BCUT2D eigenvalue weighted by Gasteiger charge is 2.21. The monoisotopic (exact) mass is 271 g/mol. The Morgan fingerprint density at radius 3 is 2.61 bits per heavy atom. The Morgan fingerprint density at radius 2 is 2.11 bits per heavy atom. The van der Waals surface area contributed by atoms with Crippen LogP contribution in [-0.4, -0.2) is 22.9 Å². The average Bonchev–Trinajstić information content (AvgIpc) is 2.27. The Hall–Kier alpha value is -1.66. The molecule has 3 N–H and O–H groups in total. The van der Waals surface area contributed by atoms with Crippen molar-refractivity contribution < 1.29 is 9.72 Å². The molecule has 98 valence electrons. The van der Waals surface area contributed by atoms with Crippen molar-refractivity contribution in [2.45, 2.75) is 19.4 Å².